The van der Waals surface area contributed by atoms with E-state index < -0.39 is 5.97 Å². The summed E-state index contributed by atoms with van der Waals surface area (Å²) in [6.45, 7) is 2.92. The Labute approximate surface area is 94.7 Å². The summed E-state index contributed by atoms with van der Waals surface area (Å²) in [6.07, 6.45) is 3.38. The average Bonchev–Trinajstić information content (AvgIpc) is 2.24. The first-order chi connectivity index (χ1) is 7.65. The molecule has 5 heteroatoms. The van der Waals surface area contributed by atoms with E-state index in [1.807, 2.05) is 13.0 Å². The number of hydrogen-bond donors (Lipinski definition) is 1. The smallest absolute Gasteiger partial charge is 0.323 e. The van der Waals surface area contributed by atoms with Crippen LogP contribution in [0.5, 0.6) is 0 Å². The van der Waals surface area contributed by atoms with E-state index >= 15 is 0 Å². The van der Waals surface area contributed by atoms with E-state index in [1.54, 1.807) is 24.4 Å². The van der Waals surface area contributed by atoms with Gasteiger partial charge in [-0.2, -0.15) is 0 Å². The highest BCUT2D eigenvalue weighted by Gasteiger charge is 2.12. The summed E-state index contributed by atoms with van der Waals surface area (Å²) < 4.78 is 4.97. The van der Waals surface area contributed by atoms with Crippen LogP contribution in [0.1, 0.15) is 5.56 Å². The van der Waals surface area contributed by atoms with Gasteiger partial charge in [-0.1, -0.05) is 0 Å². The number of aryl methyl sites for hydroxylation is 1. The highest BCUT2D eigenvalue weighted by Crippen LogP contribution is 2.17. The number of methoxy groups -OCH3 is 1. The number of pyridine rings is 1. The van der Waals surface area contributed by atoms with Crippen LogP contribution in [-0.2, 0) is 9.53 Å². The summed E-state index contributed by atoms with van der Waals surface area (Å²) in [5.41, 5.74) is 1.84. The van der Waals surface area contributed by atoms with Gasteiger partial charge in [0.15, 0.2) is 0 Å². The molecule has 0 radical (unpaired) electrons. The molecule has 1 rings (SSSR count). The fraction of sp³-hybridized carbons (Fsp3) is 0.455. The maximum absolute atomic E-state index is 10.8. The molecule has 0 saturated carbocycles. The molecule has 1 aromatic heterocycles. The number of carboxylic acid groups (broad SMARTS) is 1. The summed E-state index contributed by atoms with van der Waals surface area (Å²) in [5.74, 6) is -0.854. The van der Waals surface area contributed by atoms with Gasteiger partial charge in [-0.3, -0.25) is 9.78 Å². The van der Waals surface area contributed by atoms with Gasteiger partial charge in [-0.25, -0.2) is 0 Å². The van der Waals surface area contributed by atoms with Crippen molar-refractivity contribution < 1.29 is 14.6 Å². The van der Waals surface area contributed by atoms with Crippen molar-refractivity contribution in [2.45, 2.75) is 6.92 Å². The van der Waals surface area contributed by atoms with E-state index in [0.717, 1.165) is 11.3 Å². The lowest BCUT2D eigenvalue weighted by molar-refractivity contribution is -0.135. The van der Waals surface area contributed by atoms with Gasteiger partial charge in [0.25, 0.3) is 0 Å². The van der Waals surface area contributed by atoms with Crippen molar-refractivity contribution in [3.8, 4) is 0 Å². The summed E-state index contributed by atoms with van der Waals surface area (Å²) in [4.78, 5) is 16.5. The molecular weight excluding hydrogens is 208 g/mol. The van der Waals surface area contributed by atoms with E-state index in [2.05, 4.69) is 4.98 Å². The van der Waals surface area contributed by atoms with Gasteiger partial charge < -0.3 is 14.7 Å². The summed E-state index contributed by atoms with van der Waals surface area (Å²) in [5, 5.41) is 8.84. The van der Waals surface area contributed by atoms with Crippen LogP contribution >= 0.6 is 0 Å². The Bertz CT molecular complexity index is 355. The topological polar surface area (TPSA) is 62.7 Å². The quantitative estimate of drug-likeness (QED) is 0.778. The second-order valence-corrected chi connectivity index (χ2v) is 3.47. The first-order valence-electron chi connectivity index (χ1n) is 5.01. The molecule has 0 aliphatic carbocycles. The van der Waals surface area contributed by atoms with Crippen LogP contribution in [0.15, 0.2) is 18.5 Å². The van der Waals surface area contributed by atoms with E-state index in [0.29, 0.717) is 13.2 Å². The zero-order chi connectivity index (χ0) is 12.0. The lowest BCUT2D eigenvalue weighted by atomic mass is 10.2. The zero-order valence-corrected chi connectivity index (χ0v) is 9.51. The monoisotopic (exact) mass is 224 g/mol. The number of anilines is 1. The van der Waals surface area contributed by atoms with Crippen molar-refractivity contribution >= 4 is 11.7 Å². The van der Waals surface area contributed by atoms with Crippen molar-refractivity contribution in [3.63, 3.8) is 0 Å². The molecule has 1 aromatic rings. The molecule has 0 unspecified atom stereocenters. The number of ether oxygens (including phenoxy) is 1. The number of hydrogen-bond acceptors (Lipinski definition) is 4. The number of carbonyl (C=O) groups is 1. The molecule has 0 aliphatic heterocycles. The molecule has 1 N–H and O–H groups in total. The predicted molar refractivity (Wildman–Crippen MR) is 60.7 cm³/mol. The van der Waals surface area contributed by atoms with Gasteiger partial charge in [0.05, 0.1) is 6.61 Å². The minimum absolute atomic E-state index is 0.0335. The average molecular weight is 224 g/mol. The van der Waals surface area contributed by atoms with Crippen molar-refractivity contribution in [3.05, 3.63) is 24.0 Å². The molecule has 5 nitrogen and oxygen atoms in total. The minimum Gasteiger partial charge on any atom is -0.480 e. The fourth-order valence-electron chi connectivity index (χ4n) is 1.47. The molecular formula is C11H16N2O3. The third kappa shape index (κ3) is 3.51. The molecule has 0 fully saturated rings. The number of rotatable bonds is 6. The molecule has 88 valence electrons. The van der Waals surface area contributed by atoms with Crippen molar-refractivity contribution in [1.29, 1.82) is 0 Å². The number of aliphatic carboxylic acids is 1. The van der Waals surface area contributed by atoms with Crippen LogP contribution in [0.4, 0.5) is 5.69 Å². The van der Waals surface area contributed by atoms with Gasteiger partial charge in [-0.15, -0.1) is 0 Å². The Morgan fingerprint density at radius 2 is 2.38 bits per heavy atom. The number of nitrogens with zero attached hydrogens (tertiary/aromatic N) is 2. The molecule has 0 saturated heterocycles. The molecule has 1 heterocycles. The van der Waals surface area contributed by atoms with Crippen molar-refractivity contribution in [2.24, 2.45) is 0 Å². The molecule has 0 amide bonds. The van der Waals surface area contributed by atoms with Crippen LogP contribution < -0.4 is 4.90 Å². The van der Waals surface area contributed by atoms with Crippen LogP contribution in [0.2, 0.25) is 0 Å². The fourth-order valence-corrected chi connectivity index (χ4v) is 1.47. The van der Waals surface area contributed by atoms with Gasteiger partial charge in [0.1, 0.15) is 6.54 Å². The molecule has 0 bridgehead atoms. The van der Waals surface area contributed by atoms with Gasteiger partial charge >= 0.3 is 5.97 Å². The standard InChI is InChI=1S/C11H16N2O3/c1-9-7-12-4-3-10(9)13(5-6-16-2)8-11(14)15/h3-4,7H,5-6,8H2,1-2H3,(H,14,15). The third-order valence-electron chi connectivity index (χ3n) is 2.22. The molecule has 0 aromatic carbocycles. The van der Waals surface area contributed by atoms with Gasteiger partial charge in [-0.05, 0) is 18.6 Å². The Kier molecular flexibility index (Phi) is 4.72. The lowest BCUT2D eigenvalue weighted by Gasteiger charge is -2.23. The SMILES string of the molecule is COCCN(CC(=O)O)c1ccncc1C. The highest BCUT2D eigenvalue weighted by atomic mass is 16.5. The normalized spacial score (nSPS) is 10.1. The molecule has 16 heavy (non-hydrogen) atoms. The van der Waals surface area contributed by atoms with Gasteiger partial charge in [0, 0.05) is 31.7 Å². The first-order valence-corrected chi connectivity index (χ1v) is 5.01. The van der Waals surface area contributed by atoms with Crippen molar-refractivity contribution in [2.75, 3.05) is 31.7 Å². The molecule has 0 spiro atoms. The highest BCUT2D eigenvalue weighted by molar-refractivity contribution is 5.74. The Balaban J connectivity index is 2.82. The maximum atomic E-state index is 10.8. The Hall–Kier alpha value is -1.62. The number of carboxylic acids is 1. The largest absolute Gasteiger partial charge is 0.480 e. The van der Waals surface area contributed by atoms with Gasteiger partial charge in [0.2, 0.25) is 0 Å². The summed E-state index contributed by atoms with van der Waals surface area (Å²) >= 11 is 0. The number of aromatic nitrogens is 1. The predicted octanol–water partition coefficient (Wildman–Crippen LogP) is 0.927. The van der Waals surface area contributed by atoms with E-state index in [1.165, 1.54) is 0 Å². The van der Waals surface area contributed by atoms with Crippen LogP contribution in [0.3, 0.4) is 0 Å². The van der Waals surface area contributed by atoms with E-state index in [9.17, 15) is 4.79 Å². The van der Waals surface area contributed by atoms with Crippen LogP contribution in [0.25, 0.3) is 0 Å². The molecule has 0 atom stereocenters. The summed E-state index contributed by atoms with van der Waals surface area (Å²) in [7, 11) is 1.60. The molecule has 0 aliphatic rings. The second kappa shape index (κ2) is 6.07. The summed E-state index contributed by atoms with van der Waals surface area (Å²) in [6, 6.07) is 1.81. The lowest BCUT2D eigenvalue weighted by Crippen LogP contribution is -2.33. The third-order valence-corrected chi connectivity index (χ3v) is 2.22. The van der Waals surface area contributed by atoms with Crippen LogP contribution in [0, 0.1) is 6.92 Å². The second-order valence-electron chi connectivity index (χ2n) is 3.47. The zero-order valence-electron chi connectivity index (χ0n) is 9.51. The Morgan fingerprint density at radius 3 is 2.94 bits per heavy atom. The Morgan fingerprint density at radius 1 is 1.62 bits per heavy atom. The van der Waals surface area contributed by atoms with Crippen LogP contribution in [-0.4, -0.2) is 42.9 Å². The minimum atomic E-state index is -0.854. The van der Waals surface area contributed by atoms with E-state index in [4.69, 9.17) is 9.84 Å². The maximum Gasteiger partial charge on any atom is 0.323 e. The first kappa shape index (κ1) is 12.4. The van der Waals surface area contributed by atoms with Crippen molar-refractivity contribution in [1.82, 2.24) is 4.98 Å². The van der Waals surface area contributed by atoms with E-state index in [-0.39, 0.29) is 6.54 Å².